The Morgan fingerprint density at radius 1 is 1.43 bits per heavy atom. The van der Waals surface area contributed by atoms with Crippen LogP contribution in [0.3, 0.4) is 0 Å². The van der Waals surface area contributed by atoms with Crippen molar-refractivity contribution in [1.29, 1.82) is 0 Å². The number of likely N-dealkylation sites (tertiary alicyclic amines) is 1. The van der Waals surface area contributed by atoms with E-state index in [1.807, 2.05) is 24.3 Å². The number of urea groups is 1. The second kappa shape index (κ2) is 7.31. The van der Waals surface area contributed by atoms with Crippen molar-refractivity contribution in [1.82, 2.24) is 4.90 Å². The normalized spacial score (nSPS) is 18.1. The molecule has 0 aromatic heterocycles. The highest BCUT2D eigenvalue weighted by Gasteiger charge is 2.24. The Bertz CT molecular complexity index is 459. The summed E-state index contributed by atoms with van der Waals surface area (Å²) in [5.41, 5.74) is 0.734. The first-order chi connectivity index (χ1) is 10.0. The van der Waals surface area contributed by atoms with Crippen LogP contribution in [-0.2, 0) is 0 Å². The van der Waals surface area contributed by atoms with E-state index in [-0.39, 0.29) is 6.03 Å². The molecule has 0 unspecified atom stereocenters. The second-order valence-electron chi connectivity index (χ2n) is 5.87. The van der Waals surface area contributed by atoms with Gasteiger partial charge >= 0.3 is 6.03 Å². The number of aliphatic hydroxyl groups excluding tert-OH is 1. The first kappa shape index (κ1) is 15.6. The van der Waals surface area contributed by atoms with Gasteiger partial charge in [-0.3, -0.25) is 0 Å². The van der Waals surface area contributed by atoms with Crippen molar-refractivity contribution in [3.63, 3.8) is 0 Å². The number of nitrogens with zero attached hydrogens (tertiary/aromatic N) is 1. The minimum absolute atomic E-state index is 0.167. The molecule has 5 heteroatoms. The van der Waals surface area contributed by atoms with Crippen LogP contribution in [0.5, 0.6) is 5.75 Å². The maximum Gasteiger partial charge on any atom is 0.321 e. The van der Waals surface area contributed by atoms with Crippen LogP contribution in [-0.4, -0.2) is 41.8 Å². The van der Waals surface area contributed by atoms with Crippen LogP contribution in [0.25, 0.3) is 0 Å². The zero-order valence-corrected chi connectivity index (χ0v) is 12.7. The van der Waals surface area contributed by atoms with E-state index in [4.69, 9.17) is 4.74 Å². The van der Waals surface area contributed by atoms with Crippen LogP contribution in [0.2, 0.25) is 0 Å². The van der Waals surface area contributed by atoms with Crippen molar-refractivity contribution in [3.8, 4) is 5.75 Å². The highest BCUT2D eigenvalue weighted by Crippen LogP contribution is 2.18. The number of carbonyl (C=O) groups excluding carboxylic acids is 1. The van der Waals surface area contributed by atoms with Crippen molar-refractivity contribution >= 4 is 11.7 Å². The maximum absolute atomic E-state index is 12.0. The number of nitrogens with one attached hydrogen (secondary N) is 1. The predicted molar refractivity (Wildman–Crippen MR) is 82.6 cm³/mol. The summed E-state index contributed by atoms with van der Waals surface area (Å²) in [5, 5.41) is 12.3. The van der Waals surface area contributed by atoms with Crippen LogP contribution >= 0.6 is 0 Å². The molecular weight excluding hydrogens is 268 g/mol. The predicted octanol–water partition coefficient (Wildman–Crippen LogP) is 2.71. The summed E-state index contributed by atoms with van der Waals surface area (Å²) in [5.74, 6) is 1.43. The summed E-state index contributed by atoms with van der Waals surface area (Å²) in [6, 6.07) is 7.20. The summed E-state index contributed by atoms with van der Waals surface area (Å²) in [6.07, 6.45) is 1.28. The zero-order chi connectivity index (χ0) is 15.2. The van der Waals surface area contributed by atoms with Gasteiger partial charge in [-0.1, -0.05) is 13.8 Å². The number of rotatable bonds is 5. The van der Waals surface area contributed by atoms with E-state index in [9.17, 15) is 9.90 Å². The van der Waals surface area contributed by atoms with E-state index in [1.54, 1.807) is 4.90 Å². The third-order valence-corrected chi connectivity index (χ3v) is 3.52. The molecule has 0 saturated carbocycles. The van der Waals surface area contributed by atoms with E-state index >= 15 is 0 Å². The van der Waals surface area contributed by atoms with Gasteiger partial charge in [-0.05, 0) is 43.0 Å². The van der Waals surface area contributed by atoms with Gasteiger partial charge in [0.1, 0.15) is 5.75 Å². The lowest BCUT2D eigenvalue weighted by Crippen LogP contribution is -2.33. The molecule has 0 bridgehead atoms. The minimum Gasteiger partial charge on any atom is -0.494 e. The van der Waals surface area contributed by atoms with Crippen LogP contribution in [0.4, 0.5) is 10.5 Å². The van der Waals surface area contributed by atoms with Crippen LogP contribution in [0.15, 0.2) is 24.3 Å². The fourth-order valence-electron chi connectivity index (χ4n) is 2.18. The molecule has 1 aliphatic heterocycles. The first-order valence-corrected chi connectivity index (χ1v) is 7.51. The molecule has 116 valence electrons. The van der Waals surface area contributed by atoms with Gasteiger partial charge in [0.05, 0.1) is 12.7 Å². The summed E-state index contributed by atoms with van der Waals surface area (Å²) in [6.45, 7) is 6.04. The third-order valence-electron chi connectivity index (χ3n) is 3.52. The Balaban J connectivity index is 1.80. The van der Waals surface area contributed by atoms with Gasteiger partial charge in [-0.25, -0.2) is 4.79 Å². The number of benzene rings is 1. The third kappa shape index (κ3) is 4.93. The number of β-amino-alcohol motifs (C(OH)–C–C–N with tert-alkyl or cyclic N) is 1. The minimum atomic E-state index is -0.396. The Morgan fingerprint density at radius 2 is 2.14 bits per heavy atom. The van der Waals surface area contributed by atoms with E-state index in [2.05, 4.69) is 19.2 Å². The van der Waals surface area contributed by atoms with E-state index < -0.39 is 6.10 Å². The van der Waals surface area contributed by atoms with Gasteiger partial charge in [0.2, 0.25) is 0 Å². The van der Waals surface area contributed by atoms with Gasteiger partial charge in [-0.15, -0.1) is 0 Å². The zero-order valence-electron chi connectivity index (χ0n) is 12.7. The van der Waals surface area contributed by atoms with Crippen molar-refractivity contribution in [2.24, 2.45) is 5.92 Å². The number of amides is 2. The standard InChI is InChI=1S/C16H24N2O3/c1-12(2)8-10-21-15-5-3-13(4-6-15)17-16(20)18-9-7-14(19)11-18/h3-6,12,14,19H,7-11H2,1-2H3,(H,17,20)/t14-/m0/s1. The molecule has 1 fully saturated rings. The summed E-state index contributed by atoms with van der Waals surface area (Å²) < 4.78 is 5.63. The summed E-state index contributed by atoms with van der Waals surface area (Å²) in [7, 11) is 0. The van der Waals surface area contributed by atoms with E-state index in [1.165, 1.54) is 0 Å². The lowest BCUT2D eigenvalue weighted by atomic mass is 10.1. The fraction of sp³-hybridized carbons (Fsp3) is 0.562. The molecule has 1 aromatic carbocycles. The van der Waals surface area contributed by atoms with Gasteiger partial charge < -0.3 is 20.1 Å². The summed E-state index contributed by atoms with van der Waals surface area (Å²) >= 11 is 0. The molecule has 2 N–H and O–H groups in total. The Labute approximate surface area is 125 Å². The highest BCUT2D eigenvalue weighted by atomic mass is 16.5. The Hall–Kier alpha value is -1.75. The van der Waals surface area contributed by atoms with Crippen molar-refractivity contribution in [2.45, 2.75) is 32.8 Å². The lowest BCUT2D eigenvalue weighted by Gasteiger charge is -2.16. The maximum atomic E-state index is 12.0. The van der Waals surface area contributed by atoms with Gasteiger partial charge in [0.25, 0.3) is 0 Å². The molecule has 0 aliphatic carbocycles. The molecule has 1 aliphatic rings. The monoisotopic (exact) mass is 292 g/mol. The molecule has 5 nitrogen and oxygen atoms in total. The Kier molecular flexibility index (Phi) is 5.44. The number of hydrogen-bond acceptors (Lipinski definition) is 3. The number of aliphatic hydroxyl groups is 1. The average Bonchev–Trinajstić information content (AvgIpc) is 2.87. The quantitative estimate of drug-likeness (QED) is 0.877. The van der Waals surface area contributed by atoms with E-state index in [0.29, 0.717) is 32.0 Å². The largest absolute Gasteiger partial charge is 0.494 e. The highest BCUT2D eigenvalue weighted by molar-refractivity contribution is 5.89. The molecule has 1 atom stereocenters. The van der Waals surface area contributed by atoms with Gasteiger partial charge in [0.15, 0.2) is 0 Å². The molecular formula is C16H24N2O3. The van der Waals surface area contributed by atoms with Crippen molar-refractivity contribution < 1.29 is 14.6 Å². The topological polar surface area (TPSA) is 61.8 Å². The van der Waals surface area contributed by atoms with Gasteiger partial charge in [-0.2, -0.15) is 0 Å². The Morgan fingerprint density at radius 3 is 2.71 bits per heavy atom. The second-order valence-corrected chi connectivity index (χ2v) is 5.87. The molecule has 1 saturated heterocycles. The van der Waals surface area contributed by atoms with Crippen LogP contribution in [0, 0.1) is 5.92 Å². The molecule has 1 aromatic rings. The SMILES string of the molecule is CC(C)CCOc1ccc(NC(=O)N2CC[C@H](O)C2)cc1. The van der Waals surface area contributed by atoms with E-state index in [0.717, 1.165) is 17.9 Å². The summed E-state index contributed by atoms with van der Waals surface area (Å²) in [4.78, 5) is 13.6. The van der Waals surface area contributed by atoms with Crippen LogP contribution < -0.4 is 10.1 Å². The number of ether oxygens (including phenoxy) is 1. The molecule has 2 amide bonds. The van der Waals surface area contributed by atoms with Crippen molar-refractivity contribution in [2.75, 3.05) is 25.0 Å². The number of carbonyl (C=O) groups is 1. The van der Waals surface area contributed by atoms with Crippen LogP contribution in [0.1, 0.15) is 26.7 Å². The fourth-order valence-corrected chi connectivity index (χ4v) is 2.18. The molecule has 2 rings (SSSR count). The number of anilines is 1. The lowest BCUT2D eigenvalue weighted by molar-refractivity contribution is 0.176. The average molecular weight is 292 g/mol. The molecule has 1 heterocycles. The smallest absolute Gasteiger partial charge is 0.321 e. The first-order valence-electron chi connectivity index (χ1n) is 7.51. The molecule has 0 radical (unpaired) electrons. The van der Waals surface area contributed by atoms with Crippen molar-refractivity contribution in [3.05, 3.63) is 24.3 Å². The number of hydrogen-bond donors (Lipinski definition) is 2. The molecule has 21 heavy (non-hydrogen) atoms. The van der Waals surface area contributed by atoms with Gasteiger partial charge in [0, 0.05) is 18.8 Å². The molecule has 0 spiro atoms.